The van der Waals surface area contributed by atoms with Crippen molar-refractivity contribution < 1.29 is 4.79 Å². The van der Waals surface area contributed by atoms with E-state index in [9.17, 15) is 10.1 Å². The summed E-state index contributed by atoms with van der Waals surface area (Å²) in [6.45, 7) is 11.1. The van der Waals surface area contributed by atoms with Gasteiger partial charge in [0, 0.05) is 33.3 Å². The highest BCUT2D eigenvalue weighted by Gasteiger charge is 2.34. The molecule has 0 bridgehead atoms. The van der Waals surface area contributed by atoms with Crippen LogP contribution in [0.5, 0.6) is 0 Å². The molecule has 0 saturated heterocycles. The molecule has 0 spiro atoms. The maximum Gasteiger partial charge on any atom is 0.235 e. The number of thiophene rings is 2. The van der Waals surface area contributed by atoms with Gasteiger partial charge < -0.3 is 9.88 Å². The molecule has 0 saturated carbocycles. The van der Waals surface area contributed by atoms with Gasteiger partial charge in [0.15, 0.2) is 11.0 Å². The molecule has 9 heteroatoms. The van der Waals surface area contributed by atoms with Crippen LogP contribution in [0.4, 0.5) is 5.00 Å². The van der Waals surface area contributed by atoms with Crippen LogP contribution in [-0.2, 0) is 24.7 Å². The quantitative estimate of drug-likeness (QED) is 0.210. The number of anilines is 1. The number of fused-ring (bicyclic) bond motifs is 1. The highest BCUT2D eigenvalue weighted by Crippen LogP contribution is 2.45. The molecular formula is C31H35N5OS3. The standard InChI is InChI=1S/C31H35N5OS3/c1-7-31(4,5)21-12-13-22-23(15-32)29(40-25(22)14-21)33-26(37)17-39-30-35-34-28(36(30)6)24-16-38-19(3)27(24)20-10-8-18(2)9-11-20/h8-11,16,21H,7,12-14,17H2,1-6H3,(H,33,37). The zero-order valence-electron chi connectivity index (χ0n) is 23.9. The zero-order chi connectivity index (χ0) is 28.6. The lowest BCUT2D eigenvalue weighted by molar-refractivity contribution is -0.113. The van der Waals surface area contributed by atoms with Gasteiger partial charge in [-0.2, -0.15) is 5.26 Å². The molecule has 1 aliphatic carbocycles. The van der Waals surface area contributed by atoms with Crippen LogP contribution in [0, 0.1) is 36.5 Å². The van der Waals surface area contributed by atoms with Crippen molar-refractivity contribution in [3.63, 3.8) is 0 Å². The number of thioether (sulfide) groups is 1. The fourth-order valence-electron chi connectivity index (χ4n) is 5.41. The normalized spacial score (nSPS) is 15.1. The van der Waals surface area contributed by atoms with Crippen molar-refractivity contribution in [2.45, 2.75) is 65.5 Å². The Labute approximate surface area is 248 Å². The minimum atomic E-state index is -0.137. The van der Waals surface area contributed by atoms with Crippen LogP contribution in [0.3, 0.4) is 0 Å². The van der Waals surface area contributed by atoms with Crippen LogP contribution < -0.4 is 5.32 Å². The van der Waals surface area contributed by atoms with Gasteiger partial charge in [-0.25, -0.2) is 0 Å². The summed E-state index contributed by atoms with van der Waals surface area (Å²) >= 11 is 4.64. The van der Waals surface area contributed by atoms with Gasteiger partial charge >= 0.3 is 0 Å². The van der Waals surface area contributed by atoms with E-state index in [1.165, 1.54) is 32.6 Å². The summed E-state index contributed by atoms with van der Waals surface area (Å²) in [5, 5.41) is 25.3. The Morgan fingerprint density at radius 3 is 2.70 bits per heavy atom. The van der Waals surface area contributed by atoms with Gasteiger partial charge in [-0.15, -0.1) is 32.9 Å². The molecule has 3 heterocycles. The number of aromatic nitrogens is 3. The molecule has 0 radical (unpaired) electrons. The number of aryl methyl sites for hydroxylation is 2. The number of benzene rings is 1. The Morgan fingerprint density at radius 1 is 1.25 bits per heavy atom. The smallest absolute Gasteiger partial charge is 0.235 e. The van der Waals surface area contributed by atoms with E-state index >= 15 is 0 Å². The van der Waals surface area contributed by atoms with E-state index in [-0.39, 0.29) is 17.1 Å². The number of rotatable bonds is 8. The van der Waals surface area contributed by atoms with Crippen LogP contribution in [0.15, 0.2) is 34.8 Å². The summed E-state index contributed by atoms with van der Waals surface area (Å²) in [6.07, 6.45) is 4.11. The molecule has 1 atom stereocenters. The van der Waals surface area contributed by atoms with Crippen LogP contribution >= 0.6 is 34.4 Å². The second kappa shape index (κ2) is 11.5. The molecule has 4 aromatic rings. The van der Waals surface area contributed by atoms with E-state index in [1.807, 2.05) is 11.6 Å². The molecular weight excluding hydrogens is 555 g/mol. The highest BCUT2D eigenvalue weighted by atomic mass is 32.2. The van der Waals surface area contributed by atoms with Crippen molar-refractivity contribution in [1.29, 1.82) is 5.26 Å². The first-order chi connectivity index (χ1) is 19.1. The number of nitrogens with one attached hydrogen (secondary N) is 1. The Morgan fingerprint density at radius 2 is 2.00 bits per heavy atom. The van der Waals surface area contributed by atoms with Crippen molar-refractivity contribution in [3.05, 3.63) is 56.1 Å². The minimum Gasteiger partial charge on any atom is -0.316 e. The van der Waals surface area contributed by atoms with Crippen molar-refractivity contribution in [1.82, 2.24) is 14.8 Å². The molecule has 208 valence electrons. The summed E-state index contributed by atoms with van der Waals surface area (Å²) in [4.78, 5) is 15.5. The Hall–Kier alpha value is -2.93. The van der Waals surface area contributed by atoms with Gasteiger partial charge in [-0.3, -0.25) is 4.79 Å². The monoisotopic (exact) mass is 589 g/mol. The molecule has 5 rings (SSSR count). The van der Waals surface area contributed by atoms with Crippen molar-refractivity contribution in [2.75, 3.05) is 11.1 Å². The van der Waals surface area contributed by atoms with Crippen LogP contribution in [0.2, 0.25) is 0 Å². The second-order valence-corrected chi connectivity index (χ2v) is 14.4. The summed E-state index contributed by atoms with van der Waals surface area (Å²) in [7, 11) is 1.94. The molecule has 1 amide bonds. The first kappa shape index (κ1) is 28.6. The third-order valence-corrected chi connectivity index (χ3v) is 11.5. The third-order valence-electron chi connectivity index (χ3n) is 8.37. The predicted molar refractivity (Wildman–Crippen MR) is 167 cm³/mol. The molecule has 3 aromatic heterocycles. The van der Waals surface area contributed by atoms with E-state index in [2.05, 4.69) is 85.8 Å². The summed E-state index contributed by atoms with van der Waals surface area (Å²) < 4.78 is 1.96. The topological polar surface area (TPSA) is 83.6 Å². The third kappa shape index (κ3) is 5.50. The Balaban J connectivity index is 1.29. The molecule has 0 aliphatic heterocycles. The lowest BCUT2D eigenvalue weighted by Gasteiger charge is -2.36. The van der Waals surface area contributed by atoms with Gasteiger partial charge in [-0.05, 0) is 55.6 Å². The maximum atomic E-state index is 13.0. The highest BCUT2D eigenvalue weighted by molar-refractivity contribution is 7.99. The van der Waals surface area contributed by atoms with Crippen molar-refractivity contribution in [2.24, 2.45) is 18.4 Å². The van der Waals surface area contributed by atoms with Gasteiger partial charge in [0.25, 0.3) is 0 Å². The molecule has 1 aliphatic rings. The van der Waals surface area contributed by atoms with Crippen molar-refractivity contribution in [3.8, 4) is 28.6 Å². The number of hydrogen-bond acceptors (Lipinski definition) is 7. The number of amides is 1. The summed E-state index contributed by atoms with van der Waals surface area (Å²) in [6, 6.07) is 10.9. The minimum absolute atomic E-state index is 0.137. The maximum absolute atomic E-state index is 13.0. The largest absolute Gasteiger partial charge is 0.316 e. The summed E-state index contributed by atoms with van der Waals surface area (Å²) in [5.74, 6) is 1.43. The van der Waals surface area contributed by atoms with E-state index in [0.29, 0.717) is 21.6 Å². The fraction of sp³-hybridized carbons (Fsp3) is 0.419. The zero-order valence-corrected chi connectivity index (χ0v) is 26.4. The van der Waals surface area contributed by atoms with E-state index < -0.39 is 0 Å². The number of carbonyl (C=O) groups is 1. The number of nitriles is 1. The Bertz CT molecular complexity index is 1590. The number of nitrogens with zero attached hydrogens (tertiary/aromatic N) is 4. The van der Waals surface area contributed by atoms with E-state index in [4.69, 9.17) is 0 Å². The lowest BCUT2D eigenvalue weighted by atomic mass is 9.69. The lowest BCUT2D eigenvalue weighted by Crippen LogP contribution is -2.28. The van der Waals surface area contributed by atoms with E-state index in [0.717, 1.165) is 48.2 Å². The molecule has 6 nitrogen and oxygen atoms in total. The van der Waals surface area contributed by atoms with Gasteiger partial charge in [0.1, 0.15) is 11.1 Å². The van der Waals surface area contributed by atoms with Crippen LogP contribution in [0.1, 0.15) is 60.1 Å². The Kier molecular flexibility index (Phi) is 8.23. The van der Waals surface area contributed by atoms with E-state index in [1.54, 1.807) is 22.7 Å². The number of hydrogen-bond donors (Lipinski definition) is 1. The van der Waals surface area contributed by atoms with Gasteiger partial charge in [0.2, 0.25) is 5.91 Å². The average Bonchev–Trinajstić information content (AvgIpc) is 3.61. The molecule has 40 heavy (non-hydrogen) atoms. The molecule has 0 fully saturated rings. The van der Waals surface area contributed by atoms with Crippen molar-refractivity contribution >= 4 is 45.3 Å². The van der Waals surface area contributed by atoms with Gasteiger partial charge in [-0.1, -0.05) is 68.8 Å². The molecule has 1 aromatic carbocycles. The predicted octanol–water partition coefficient (Wildman–Crippen LogP) is 8.03. The van der Waals surface area contributed by atoms with Crippen LogP contribution in [0.25, 0.3) is 22.5 Å². The molecule has 1 N–H and O–H groups in total. The first-order valence-corrected chi connectivity index (χ1v) is 16.3. The van der Waals surface area contributed by atoms with Gasteiger partial charge in [0.05, 0.1) is 11.3 Å². The van der Waals surface area contributed by atoms with Crippen LogP contribution in [-0.4, -0.2) is 26.4 Å². The SMILES string of the molecule is CCC(C)(C)C1CCc2c(sc(NC(=O)CSc3nnc(-c4csc(C)c4-c4ccc(C)cc4)n3C)c2C#N)C1. The summed E-state index contributed by atoms with van der Waals surface area (Å²) in [5.41, 5.74) is 6.65. The first-order valence-electron chi connectivity index (χ1n) is 13.6. The molecule has 1 unspecified atom stereocenters. The number of carbonyl (C=O) groups excluding carboxylic acids is 1. The average molecular weight is 590 g/mol. The fourth-order valence-corrected chi connectivity index (χ4v) is 8.28. The second-order valence-electron chi connectivity index (χ2n) is 11.3.